The lowest BCUT2D eigenvalue weighted by molar-refractivity contribution is 0.101. The number of nitrogens with zero attached hydrogens (tertiary/aromatic N) is 2. The summed E-state index contributed by atoms with van der Waals surface area (Å²) in [6.45, 7) is 2.77. The van der Waals surface area contributed by atoms with Gasteiger partial charge in [0.05, 0.1) is 18.2 Å². The lowest BCUT2D eigenvalue weighted by Crippen LogP contribution is -2.24. The van der Waals surface area contributed by atoms with E-state index < -0.39 is 0 Å². The topological polar surface area (TPSA) is 53.3 Å². The Morgan fingerprint density at radius 3 is 2.76 bits per heavy atom. The standard InChI is InChI=1S/C13H16N2O2/c1-10(16)12-5-4-11(9-14)8-13(12)15(2)6-7-17-3/h4-5,8H,6-7H2,1-3H3. The molecule has 17 heavy (non-hydrogen) atoms. The number of carbonyl (C=O) groups excluding carboxylic acids is 1. The van der Waals surface area contributed by atoms with E-state index in [-0.39, 0.29) is 5.78 Å². The highest BCUT2D eigenvalue weighted by atomic mass is 16.5. The zero-order chi connectivity index (χ0) is 12.8. The van der Waals surface area contributed by atoms with E-state index in [1.165, 1.54) is 6.92 Å². The van der Waals surface area contributed by atoms with Gasteiger partial charge in [-0.15, -0.1) is 0 Å². The monoisotopic (exact) mass is 232 g/mol. The summed E-state index contributed by atoms with van der Waals surface area (Å²) in [7, 11) is 3.51. The van der Waals surface area contributed by atoms with Crippen LogP contribution in [0.3, 0.4) is 0 Å². The fourth-order valence-electron chi connectivity index (χ4n) is 1.56. The second kappa shape index (κ2) is 6.02. The molecule has 1 aromatic rings. The molecule has 90 valence electrons. The predicted molar refractivity (Wildman–Crippen MR) is 66.3 cm³/mol. The lowest BCUT2D eigenvalue weighted by atomic mass is 10.1. The molecule has 4 nitrogen and oxygen atoms in total. The van der Waals surface area contributed by atoms with E-state index >= 15 is 0 Å². The zero-order valence-corrected chi connectivity index (χ0v) is 10.4. The van der Waals surface area contributed by atoms with Gasteiger partial charge in [-0.25, -0.2) is 0 Å². The first-order valence-corrected chi connectivity index (χ1v) is 5.35. The third-order valence-corrected chi connectivity index (χ3v) is 2.55. The lowest BCUT2D eigenvalue weighted by Gasteiger charge is -2.21. The number of hydrogen-bond donors (Lipinski definition) is 0. The van der Waals surface area contributed by atoms with Crippen LogP contribution in [0.2, 0.25) is 0 Å². The molecule has 1 aromatic carbocycles. The van der Waals surface area contributed by atoms with Gasteiger partial charge in [-0.05, 0) is 25.1 Å². The first kappa shape index (κ1) is 13.2. The van der Waals surface area contributed by atoms with Crippen molar-refractivity contribution in [3.63, 3.8) is 0 Å². The number of benzene rings is 1. The number of rotatable bonds is 5. The molecule has 0 aliphatic rings. The van der Waals surface area contributed by atoms with E-state index in [9.17, 15) is 4.79 Å². The number of methoxy groups -OCH3 is 1. The van der Waals surface area contributed by atoms with Gasteiger partial charge in [0.15, 0.2) is 5.78 Å². The van der Waals surface area contributed by atoms with E-state index in [4.69, 9.17) is 10.00 Å². The summed E-state index contributed by atoms with van der Waals surface area (Å²) < 4.78 is 5.00. The quantitative estimate of drug-likeness (QED) is 0.727. The largest absolute Gasteiger partial charge is 0.383 e. The number of anilines is 1. The first-order chi connectivity index (χ1) is 8.10. The molecule has 0 saturated carbocycles. The van der Waals surface area contributed by atoms with Crippen molar-refractivity contribution in [3.8, 4) is 6.07 Å². The average Bonchev–Trinajstić information content (AvgIpc) is 2.34. The summed E-state index contributed by atoms with van der Waals surface area (Å²) in [5.41, 5.74) is 1.95. The smallest absolute Gasteiger partial charge is 0.161 e. The Bertz CT molecular complexity index is 449. The highest BCUT2D eigenvalue weighted by Crippen LogP contribution is 2.21. The van der Waals surface area contributed by atoms with Crippen molar-refractivity contribution in [2.75, 3.05) is 32.2 Å². The van der Waals surface area contributed by atoms with Crippen molar-refractivity contribution < 1.29 is 9.53 Å². The number of hydrogen-bond acceptors (Lipinski definition) is 4. The van der Waals surface area contributed by atoms with Crippen molar-refractivity contribution in [3.05, 3.63) is 29.3 Å². The van der Waals surface area contributed by atoms with E-state index in [1.54, 1.807) is 25.3 Å². The molecule has 0 aliphatic heterocycles. The van der Waals surface area contributed by atoms with Gasteiger partial charge in [-0.2, -0.15) is 5.26 Å². The van der Waals surface area contributed by atoms with E-state index in [2.05, 4.69) is 6.07 Å². The van der Waals surface area contributed by atoms with Gasteiger partial charge in [0.2, 0.25) is 0 Å². The van der Waals surface area contributed by atoms with Gasteiger partial charge >= 0.3 is 0 Å². The van der Waals surface area contributed by atoms with Crippen LogP contribution in [-0.4, -0.2) is 33.1 Å². The van der Waals surface area contributed by atoms with Crippen molar-refractivity contribution in [2.45, 2.75) is 6.92 Å². The highest BCUT2D eigenvalue weighted by molar-refractivity contribution is 5.99. The number of ether oxygens (including phenoxy) is 1. The van der Waals surface area contributed by atoms with Gasteiger partial charge in [0, 0.05) is 32.0 Å². The van der Waals surface area contributed by atoms with Crippen molar-refractivity contribution in [1.82, 2.24) is 0 Å². The number of likely N-dealkylation sites (N-methyl/N-ethyl adjacent to an activating group) is 1. The van der Waals surface area contributed by atoms with Crippen LogP contribution in [0.25, 0.3) is 0 Å². The van der Waals surface area contributed by atoms with Crippen molar-refractivity contribution >= 4 is 11.5 Å². The number of Topliss-reactive ketones (excluding diaryl/α,β-unsaturated/α-hetero) is 1. The minimum atomic E-state index is -0.00578. The molecule has 0 spiro atoms. The van der Waals surface area contributed by atoms with Crippen molar-refractivity contribution in [2.24, 2.45) is 0 Å². The third-order valence-electron chi connectivity index (χ3n) is 2.55. The SMILES string of the molecule is COCCN(C)c1cc(C#N)ccc1C(C)=O. The van der Waals surface area contributed by atoms with E-state index in [0.717, 1.165) is 5.69 Å². The second-order valence-corrected chi connectivity index (χ2v) is 3.81. The van der Waals surface area contributed by atoms with Gasteiger partial charge in [-0.3, -0.25) is 4.79 Å². The maximum Gasteiger partial charge on any atom is 0.161 e. The highest BCUT2D eigenvalue weighted by Gasteiger charge is 2.11. The van der Waals surface area contributed by atoms with Crippen LogP contribution in [0.1, 0.15) is 22.8 Å². The molecule has 0 atom stereocenters. The van der Waals surface area contributed by atoms with Crippen LogP contribution in [0.4, 0.5) is 5.69 Å². The predicted octanol–water partition coefficient (Wildman–Crippen LogP) is 1.84. The summed E-state index contributed by atoms with van der Waals surface area (Å²) in [5.74, 6) is -0.00578. The van der Waals surface area contributed by atoms with Crippen molar-refractivity contribution in [1.29, 1.82) is 5.26 Å². The first-order valence-electron chi connectivity index (χ1n) is 5.35. The Morgan fingerprint density at radius 2 is 2.24 bits per heavy atom. The molecule has 0 bridgehead atoms. The Labute approximate surface area is 101 Å². The van der Waals surface area contributed by atoms with Gasteiger partial charge in [0.1, 0.15) is 0 Å². The van der Waals surface area contributed by atoms with E-state index in [1.807, 2.05) is 11.9 Å². The van der Waals surface area contributed by atoms with E-state index in [0.29, 0.717) is 24.3 Å². The van der Waals surface area contributed by atoms with Crippen LogP contribution < -0.4 is 4.90 Å². The molecule has 0 N–H and O–H groups in total. The maximum absolute atomic E-state index is 11.5. The molecular formula is C13H16N2O2. The van der Waals surface area contributed by atoms with Crippen LogP contribution >= 0.6 is 0 Å². The Balaban J connectivity index is 3.09. The normalized spacial score (nSPS) is 9.76. The third kappa shape index (κ3) is 3.30. The summed E-state index contributed by atoms with van der Waals surface area (Å²) in [6, 6.07) is 7.15. The Hall–Kier alpha value is -1.86. The summed E-state index contributed by atoms with van der Waals surface area (Å²) in [5, 5.41) is 8.87. The number of ketones is 1. The van der Waals surface area contributed by atoms with Crippen LogP contribution in [0.5, 0.6) is 0 Å². The molecule has 1 rings (SSSR count). The van der Waals surface area contributed by atoms with Gasteiger partial charge < -0.3 is 9.64 Å². The maximum atomic E-state index is 11.5. The fourth-order valence-corrected chi connectivity index (χ4v) is 1.56. The molecule has 0 radical (unpaired) electrons. The Kier molecular flexibility index (Phi) is 4.68. The number of nitriles is 1. The average molecular weight is 232 g/mol. The minimum Gasteiger partial charge on any atom is -0.383 e. The molecule has 0 aromatic heterocycles. The fraction of sp³-hybridized carbons (Fsp3) is 0.385. The molecule has 0 unspecified atom stereocenters. The Morgan fingerprint density at radius 1 is 1.53 bits per heavy atom. The molecule has 4 heteroatoms. The molecule has 0 amide bonds. The minimum absolute atomic E-state index is 0.00578. The molecule has 0 aliphatic carbocycles. The van der Waals surface area contributed by atoms with Crippen LogP contribution in [0, 0.1) is 11.3 Å². The second-order valence-electron chi connectivity index (χ2n) is 3.81. The molecule has 0 fully saturated rings. The molecule has 0 heterocycles. The summed E-state index contributed by atoms with van der Waals surface area (Å²) in [4.78, 5) is 13.4. The van der Waals surface area contributed by atoms with Gasteiger partial charge in [-0.1, -0.05) is 0 Å². The van der Waals surface area contributed by atoms with Crippen LogP contribution in [-0.2, 0) is 4.74 Å². The zero-order valence-electron chi connectivity index (χ0n) is 10.4. The molecular weight excluding hydrogens is 216 g/mol. The van der Waals surface area contributed by atoms with Crippen LogP contribution in [0.15, 0.2) is 18.2 Å². The number of carbonyl (C=O) groups is 1. The molecule has 0 saturated heterocycles. The summed E-state index contributed by atoms with van der Waals surface area (Å²) >= 11 is 0. The summed E-state index contributed by atoms with van der Waals surface area (Å²) in [6.07, 6.45) is 0. The van der Waals surface area contributed by atoms with Gasteiger partial charge in [0.25, 0.3) is 0 Å².